The predicted octanol–water partition coefficient (Wildman–Crippen LogP) is 4.31. The van der Waals surface area contributed by atoms with Gasteiger partial charge in [0.25, 0.3) is 0 Å². The zero-order chi connectivity index (χ0) is 16.1. The number of fused-ring (bicyclic) bond motifs is 4. The Morgan fingerprint density at radius 3 is 2.92 bits per heavy atom. The average molecular weight is 316 g/mol. The lowest BCUT2D eigenvalue weighted by Crippen LogP contribution is -2.45. The number of aliphatic imine (C=N–C) groups is 1. The van der Waals surface area contributed by atoms with E-state index < -0.39 is 5.72 Å². The second-order valence-electron chi connectivity index (χ2n) is 6.21. The molecule has 4 nitrogen and oxygen atoms in total. The minimum absolute atomic E-state index is 0.586. The Kier molecular flexibility index (Phi) is 2.65. The molecule has 1 spiro atoms. The fourth-order valence-electron chi connectivity index (χ4n) is 3.50. The zero-order valence-corrected chi connectivity index (χ0v) is 13.2. The van der Waals surface area contributed by atoms with Crippen LogP contribution >= 0.6 is 0 Å². The summed E-state index contributed by atoms with van der Waals surface area (Å²) in [6.45, 7) is 0. The molecule has 2 aliphatic rings. The fourth-order valence-corrected chi connectivity index (χ4v) is 3.50. The molecule has 0 aliphatic carbocycles. The van der Waals surface area contributed by atoms with E-state index in [1.807, 2.05) is 48.7 Å². The van der Waals surface area contributed by atoms with E-state index in [0.29, 0.717) is 0 Å². The number of hydrogen-bond donors (Lipinski definition) is 1. The van der Waals surface area contributed by atoms with Gasteiger partial charge in [0.15, 0.2) is 0 Å². The lowest BCUT2D eigenvalue weighted by Gasteiger charge is -2.31. The third kappa shape index (κ3) is 1.89. The van der Waals surface area contributed by atoms with Crippen molar-refractivity contribution in [1.82, 2.24) is 0 Å². The first-order valence-corrected chi connectivity index (χ1v) is 7.97. The third-order valence-electron chi connectivity index (χ3n) is 4.67. The van der Waals surface area contributed by atoms with Crippen molar-refractivity contribution in [3.05, 3.63) is 60.2 Å². The van der Waals surface area contributed by atoms with Crippen LogP contribution in [0.5, 0.6) is 11.5 Å². The molecule has 2 aliphatic heterocycles. The maximum Gasteiger partial charge on any atom is 0.221 e. The molecule has 118 valence electrons. The van der Waals surface area contributed by atoms with Crippen molar-refractivity contribution in [3.63, 3.8) is 0 Å². The summed E-state index contributed by atoms with van der Waals surface area (Å²) in [5.41, 5.74) is 2.64. The van der Waals surface area contributed by atoms with Gasteiger partial charge in [0.05, 0.1) is 13.3 Å². The number of para-hydroxylation sites is 1. The van der Waals surface area contributed by atoms with Crippen LogP contribution in [-0.4, -0.2) is 19.0 Å². The summed E-state index contributed by atoms with van der Waals surface area (Å²) in [7, 11) is 1.67. The maximum atomic E-state index is 6.34. The summed E-state index contributed by atoms with van der Waals surface area (Å²) < 4.78 is 11.6. The SMILES string of the molecule is COc1ccc2c3c(ccc2c1)OC1(C=N3)Cc2ccccc2N1. The molecule has 2 heterocycles. The largest absolute Gasteiger partial charge is 0.497 e. The quantitative estimate of drug-likeness (QED) is 0.727. The molecule has 4 heteroatoms. The van der Waals surface area contributed by atoms with Gasteiger partial charge in [0, 0.05) is 17.5 Å². The van der Waals surface area contributed by atoms with Crippen molar-refractivity contribution < 1.29 is 9.47 Å². The Balaban J connectivity index is 1.58. The van der Waals surface area contributed by atoms with Crippen LogP contribution < -0.4 is 14.8 Å². The van der Waals surface area contributed by atoms with E-state index in [1.54, 1.807) is 7.11 Å². The summed E-state index contributed by atoms with van der Waals surface area (Å²) in [6.07, 6.45) is 2.66. The molecule has 1 atom stereocenters. The number of rotatable bonds is 1. The number of ether oxygens (including phenoxy) is 2. The number of methoxy groups -OCH3 is 1. The van der Waals surface area contributed by atoms with Crippen molar-refractivity contribution in [1.29, 1.82) is 0 Å². The number of hydrogen-bond acceptors (Lipinski definition) is 4. The van der Waals surface area contributed by atoms with Crippen molar-refractivity contribution >= 4 is 28.4 Å². The predicted molar refractivity (Wildman–Crippen MR) is 95.8 cm³/mol. The van der Waals surface area contributed by atoms with Gasteiger partial charge in [-0.15, -0.1) is 0 Å². The smallest absolute Gasteiger partial charge is 0.221 e. The highest BCUT2D eigenvalue weighted by atomic mass is 16.5. The topological polar surface area (TPSA) is 42.9 Å². The first kappa shape index (κ1) is 13.4. The van der Waals surface area contributed by atoms with Gasteiger partial charge in [-0.1, -0.05) is 24.3 Å². The first-order valence-electron chi connectivity index (χ1n) is 7.97. The van der Waals surface area contributed by atoms with E-state index in [1.165, 1.54) is 5.56 Å². The van der Waals surface area contributed by atoms with Crippen LogP contribution in [0.3, 0.4) is 0 Å². The summed E-state index contributed by atoms with van der Waals surface area (Å²) in [5.74, 6) is 1.64. The summed E-state index contributed by atoms with van der Waals surface area (Å²) in [5, 5.41) is 5.62. The Morgan fingerprint density at radius 1 is 1.12 bits per heavy atom. The van der Waals surface area contributed by atoms with Crippen molar-refractivity contribution in [2.45, 2.75) is 12.1 Å². The Labute approximate surface area is 139 Å². The van der Waals surface area contributed by atoms with E-state index in [-0.39, 0.29) is 0 Å². The molecule has 0 amide bonds. The molecule has 1 unspecified atom stereocenters. The second kappa shape index (κ2) is 4.74. The average Bonchev–Trinajstić information content (AvgIpc) is 2.98. The van der Waals surface area contributed by atoms with E-state index in [2.05, 4.69) is 17.4 Å². The zero-order valence-electron chi connectivity index (χ0n) is 13.2. The monoisotopic (exact) mass is 316 g/mol. The van der Waals surface area contributed by atoms with E-state index in [9.17, 15) is 0 Å². The number of benzene rings is 3. The van der Waals surface area contributed by atoms with Crippen LogP contribution in [0.15, 0.2) is 59.6 Å². The van der Waals surface area contributed by atoms with Crippen molar-refractivity contribution in [3.8, 4) is 11.5 Å². The number of nitrogens with one attached hydrogen (secondary N) is 1. The van der Waals surface area contributed by atoms with Gasteiger partial charge in [-0.3, -0.25) is 4.99 Å². The van der Waals surface area contributed by atoms with Crippen molar-refractivity contribution in [2.24, 2.45) is 4.99 Å². The van der Waals surface area contributed by atoms with Gasteiger partial charge in [-0.05, 0) is 41.3 Å². The lowest BCUT2D eigenvalue weighted by molar-refractivity contribution is 0.181. The number of nitrogens with zero attached hydrogens (tertiary/aromatic N) is 1. The molecule has 3 aromatic carbocycles. The fraction of sp³-hybridized carbons (Fsp3) is 0.150. The summed E-state index contributed by atoms with van der Waals surface area (Å²) in [4.78, 5) is 4.74. The van der Waals surface area contributed by atoms with Gasteiger partial charge in [0.1, 0.15) is 17.2 Å². The maximum absolute atomic E-state index is 6.34. The molecule has 3 aromatic rings. The Hall–Kier alpha value is -3.01. The van der Waals surface area contributed by atoms with Gasteiger partial charge < -0.3 is 14.8 Å². The minimum atomic E-state index is -0.586. The van der Waals surface area contributed by atoms with Crippen LogP contribution in [-0.2, 0) is 6.42 Å². The Morgan fingerprint density at radius 2 is 2.04 bits per heavy atom. The van der Waals surface area contributed by atoms with Gasteiger partial charge in [-0.2, -0.15) is 0 Å². The van der Waals surface area contributed by atoms with Crippen LogP contribution in [0.4, 0.5) is 11.4 Å². The van der Waals surface area contributed by atoms with E-state index in [4.69, 9.17) is 14.5 Å². The molecular formula is C20H16N2O2. The molecule has 0 aromatic heterocycles. The second-order valence-corrected chi connectivity index (χ2v) is 6.21. The van der Waals surface area contributed by atoms with E-state index in [0.717, 1.165) is 40.1 Å². The van der Waals surface area contributed by atoms with Crippen molar-refractivity contribution in [2.75, 3.05) is 12.4 Å². The summed E-state index contributed by atoms with van der Waals surface area (Å²) >= 11 is 0. The molecule has 0 saturated carbocycles. The van der Waals surface area contributed by atoms with Gasteiger partial charge in [0.2, 0.25) is 5.72 Å². The molecule has 0 saturated heterocycles. The third-order valence-corrected chi connectivity index (χ3v) is 4.67. The normalized spacial score (nSPS) is 20.4. The van der Waals surface area contributed by atoms with Gasteiger partial charge >= 0.3 is 0 Å². The molecule has 0 fully saturated rings. The molecule has 0 bridgehead atoms. The highest BCUT2D eigenvalue weighted by Gasteiger charge is 2.40. The van der Waals surface area contributed by atoms with Crippen LogP contribution in [0, 0.1) is 0 Å². The standard InChI is InChI=1S/C20H16N2O2/c1-23-15-7-8-16-13(10-15)6-9-18-19(16)21-12-20(24-18)11-14-4-2-3-5-17(14)22-20/h2-10,12,22H,11H2,1H3. The highest BCUT2D eigenvalue weighted by molar-refractivity contribution is 5.99. The van der Waals surface area contributed by atoms with Gasteiger partial charge in [-0.25, -0.2) is 0 Å². The first-order chi connectivity index (χ1) is 11.8. The van der Waals surface area contributed by atoms with E-state index >= 15 is 0 Å². The van der Waals surface area contributed by atoms with Crippen LogP contribution in [0.1, 0.15) is 5.56 Å². The lowest BCUT2D eigenvalue weighted by atomic mass is 10.0. The van der Waals surface area contributed by atoms with Crippen LogP contribution in [0.2, 0.25) is 0 Å². The Bertz CT molecular complexity index is 969. The molecular weight excluding hydrogens is 300 g/mol. The number of anilines is 1. The molecule has 5 rings (SSSR count). The molecule has 0 radical (unpaired) electrons. The molecule has 24 heavy (non-hydrogen) atoms. The minimum Gasteiger partial charge on any atom is -0.497 e. The summed E-state index contributed by atoms with van der Waals surface area (Å²) in [6, 6.07) is 18.3. The molecule has 1 N–H and O–H groups in total. The highest BCUT2D eigenvalue weighted by Crippen LogP contribution is 2.43. The van der Waals surface area contributed by atoms with Crippen LogP contribution in [0.25, 0.3) is 10.8 Å².